The lowest BCUT2D eigenvalue weighted by molar-refractivity contribution is -0.133. The summed E-state index contributed by atoms with van der Waals surface area (Å²) >= 11 is 3.20. The van der Waals surface area contributed by atoms with Crippen molar-refractivity contribution in [1.29, 1.82) is 0 Å². The summed E-state index contributed by atoms with van der Waals surface area (Å²) in [4.78, 5) is 13.9. The number of benzene rings is 1. The summed E-state index contributed by atoms with van der Waals surface area (Å²) in [5.41, 5.74) is -0.699. The van der Waals surface area contributed by atoms with Crippen LogP contribution in [0.1, 0.15) is 26.2 Å². The van der Waals surface area contributed by atoms with Crippen LogP contribution in [0.5, 0.6) is 5.75 Å². The average molecular weight is 360 g/mol. The van der Waals surface area contributed by atoms with Gasteiger partial charge in [-0.1, -0.05) is 0 Å². The van der Waals surface area contributed by atoms with Gasteiger partial charge in [-0.05, 0) is 60.3 Å². The van der Waals surface area contributed by atoms with Crippen LogP contribution in [0, 0.1) is 5.82 Å². The second-order valence-corrected chi connectivity index (χ2v) is 6.45. The summed E-state index contributed by atoms with van der Waals surface area (Å²) in [5, 5.41) is 10.0. The molecule has 116 valence electrons. The molecule has 1 aliphatic rings. The van der Waals surface area contributed by atoms with Crippen LogP contribution in [0.25, 0.3) is 0 Å². The Hall–Kier alpha value is -1.14. The second kappa shape index (κ2) is 6.75. The molecule has 6 heteroatoms. The number of aliphatic hydroxyl groups is 1. The quantitative estimate of drug-likeness (QED) is 0.902. The predicted molar refractivity (Wildman–Crippen MR) is 80.6 cm³/mol. The number of carbonyl (C=O) groups excluding carboxylic acids is 1. The van der Waals surface area contributed by atoms with Gasteiger partial charge in [-0.15, -0.1) is 0 Å². The minimum absolute atomic E-state index is 0.0909. The Labute approximate surface area is 132 Å². The Morgan fingerprint density at radius 3 is 2.95 bits per heavy atom. The van der Waals surface area contributed by atoms with E-state index in [2.05, 4.69) is 15.9 Å². The molecule has 0 bridgehead atoms. The van der Waals surface area contributed by atoms with Gasteiger partial charge in [-0.25, -0.2) is 4.39 Å². The normalized spacial score (nSPS) is 22.8. The maximum absolute atomic E-state index is 13.0. The average Bonchev–Trinajstić information content (AvgIpc) is 2.58. The maximum Gasteiger partial charge on any atom is 0.260 e. The van der Waals surface area contributed by atoms with E-state index in [0.717, 1.165) is 6.42 Å². The number of ether oxygens (including phenoxy) is 1. The molecule has 1 atom stereocenters. The molecule has 1 N–H and O–H groups in total. The Morgan fingerprint density at radius 1 is 1.48 bits per heavy atom. The Bertz CT molecular complexity index is 522. The van der Waals surface area contributed by atoms with Gasteiger partial charge >= 0.3 is 0 Å². The molecule has 1 aromatic carbocycles. The molecule has 0 aromatic heterocycles. The summed E-state index contributed by atoms with van der Waals surface area (Å²) in [6, 6.07) is 4.07. The van der Waals surface area contributed by atoms with Crippen molar-refractivity contribution in [2.24, 2.45) is 0 Å². The Balaban J connectivity index is 1.89. The molecule has 2 rings (SSSR count). The predicted octanol–water partition coefficient (Wildman–Crippen LogP) is 2.73. The van der Waals surface area contributed by atoms with Gasteiger partial charge in [0, 0.05) is 13.1 Å². The number of likely N-dealkylation sites (tertiary alicyclic amines) is 1. The fourth-order valence-corrected chi connectivity index (χ4v) is 2.80. The van der Waals surface area contributed by atoms with E-state index in [-0.39, 0.29) is 18.3 Å². The minimum atomic E-state index is -0.699. The summed E-state index contributed by atoms with van der Waals surface area (Å²) in [6.07, 6.45) is 2.04. The molecule has 0 spiro atoms. The van der Waals surface area contributed by atoms with Crippen LogP contribution in [0.3, 0.4) is 0 Å². The van der Waals surface area contributed by atoms with E-state index in [1.54, 1.807) is 11.8 Å². The molecule has 0 radical (unpaired) electrons. The third-order valence-corrected chi connectivity index (χ3v) is 4.28. The van der Waals surface area contributed by atoms with Crippen molar-refractivity contribution in [2.75, 3.05) is 19.7 Å². The van der Waals surface area contributed by atoms with Crippen LogP contribution < -0.4 is 4.74 Å². The molecule has 1 unspecified atom stereocenters. The van der Waals surface area contributed by atoms with Gasteiger partial charge in [-0.2, -0.15) is 0 Å². The van der Waals surface area contributed by atoms with Crippen molar-refractivity contribution in [3.8, 4) is 5.75 Å². The monoisotopic (exact) mass is 359 g/mol. The molecule has 1 aromatic rings. The Morgan fingerprint density at radius 2 is 2.24 bits per heavy atom. The van der Waals surface area contributed by atoms with E-state index in [9.17, 15) is 14.3 Å². The highest BCUT2D eigenvalue weighted by Crippen LogP contribution is 2.26. The van der Waals surface area contributed by atoms with E-state index in [1.165, 1.54) is 18.2 Å². The number of amides is 1. The number of hydrogen-bond donors (Lipinski definition) is 1. The highest BCUT2D eigenvalue weighted by atomic mass is 79.9. The lowest BCUT2D eigenvalue weighted by Gasteiger charge is -2.22. The van der Waals surface area contributed by atoms with E-state index < -0.39 is 5.60 Å². The lowest BCUT2D eigenvalue weighted by atomic mass is 9.98. The molecule has 0 aliphatic carbocycles. The van der Waals surface area contributed by atoms with E-state index in [0.29, 0.717) is 36.2 Å². The smallest absolute Gasteiger partial charge is 0.260 e. The molecular formula is C15H19BrFNO3. The third-order valence-electron chi connectivity index (χ3n) is 3.66. The molecular weight excluding hydrogens is 341 g/mol. The topological polar surface area (TPSA) is 49.8 Å². The zero-order chi connectivity index (χ0) is 15.5. The second-order valence-electron chi connectivity index (χ2n) is 5.59. The number of carbonyl (C=O) groups is 1. The summed E-state index contributed by atoms with van der Waals surface area (Å²) < 4.78 is 18.9. The molecule has 0 saturated carbocycles. The highest BCUT2D eigenvalue weighted by Gasteiger charge is 2.27. The van der Waals surface area contributed by atoms with Crippen molar-refractivity contribution in [3.05, 3.63) is 28.5 Å². The molecule has 1 fully saturated rings. The van der Waals surface area contributed by atoms with Crippen LogP contribution in [0.2, 0.25) is 0 Å². The van der Waals surface area contributed by atoms with E-state index in [1.807, 2.05) is 0 Å². The lowest BCUT2D eigenvalue weighted by Crippen LogP contribution is -2.36. The highest BCUT2D eigenvalue weighted by molar-refractivity contribution is 9.10. The maximum atomic E-state index is 13.0. The molecule has 1 aliphatic heterocycles. The van der Waals surface area contributed by atoms with Crippen LogP contribution in [-0.4, -0.2) is 41.2 Å². The zero-order valence-electron chi connectivity index (χ0n) is 11.9. The summed E-state index contributed by atoms with van der Waals surface area (Å²) in [6.45, 7) is 2.86. The van der Waals surface area contributed by atoms with Crippen molar-refractivity contribution in [2.45, 2.75) is 31.8 Å². The fourth-order valence-electron chi connectivity index (χ4n) is 2.34. The van der Waals surface area contributed by atoms with Gasteiger partial charge in [-0.3, -0.25) is 4.79 Å². The number of nitrogens with zero attached hydrogens (tertiary/aromatic N) is 1. The number of halogens is 2. The molecule has 4 nitrogen and oxygen atoms in total. The van der Waals surface area contributed by atoms with Gasteiger partial charge in [0.05, 0.1) is 10.1 Å². The first-order chi connectivity index (χ1) is 9.87. The van der Waals surface area contributed by atoms with Gasteiger partial charge < -0.3 is 14.7 Å². The van der Waals surface area contributed by atoms with Crippen molar-refractivity contribution in [3.63, 3.8) is 0 Å². The van der Waals surface area contributed by atoms with Crippen LogP contribution in [0.15, 0.2) is 22.7 Å². The molecule has 1 heterocycles. The zero-order valence-corrected chi connectivity index (χ0v) is 13.5. The SMILES string of the molecule is CC1(O)CCCN(C(=O)COc2ccc(F)cc2Br)CC1. The first-order valence-corrected chi connectivity index (χ1v) is 7.75. The van der Waals surface area contributed by atoms with E-state index >= 15 is 0 Å². The van der Waals surface area contributed by atoms with Gasteiger partial charge in [0.2, 0.25) is 0 Å². The first kappa shape index (κ1) is 16.2. The van der Waals surface area contributed by atoms with Crippen molar-refractivity contribution in [1.82, 2.24) is 4.90 Å². The largest absolute Gasteiger partial charge is 0.483 e. The minimum Gasteiger partial charge on any atom is -0.483 e. The number of rotatable bonds is 3. The van der Waals surface area contributed by atoms with Crippen LogP contribution >= 0.6 is 15.9 Å². The van der Waals surface area contributed by atoms with Gasteiger partial charge in [0.25, 0.3) is 5.91 Å². The summed E-state index contributed by atoms with van der Waals surface area (Å²) in [5.74, 6) is -0.0502. The Kier molecular flexibility index (Phi) is 5.22. The van der Waals surface area contributed by atoms with Gasteiger partial charge in [0.1, 0.15) is 11.6 Å². The molecule has 1 saturated heterocycles. The standard InChI is InChI=1S/C15H19BrFNO3/c1-15(20)5-2-7-18(8-6-15)14(19)10-21-13-4-3-11(17)9-12(13)16/h3-4,9,20H,2,5-8,10H2,1H3. The van der Waals surface area contributed by atoms with E-state index in [4.69, 9.17) is 4.74 Å². The van der Waals surface area contributed by atoms with Gasteiger partial charge in [0.15, 0.2) is 6.61 Å². The fraction of sp³-hybridized carbons (Fsp3) is 0.533. The third kappa shape index (κ3) is 4.68. The van der Waals surface area contributed by atoms with Crippen molar-refractivity contribution < 1.29 is 19.0 Å². The van der Waals surface area contributed by atoms with Crippen LogP contribution in [-0.2, 0) is 4.79 Å². The number of hydrogen-bond acceptors (Lipinski definition) is 3. The molecule has 1 amide bonds. The summed E-state index contributed by atoms with van der Waals surface area (Å²) in [7, 11) is 0. The van der Waals surface area contributed by atoms with Crippen molar-refractivity contribution >= 4 is 21.8 Å². The van der Waals surface area contributed by atoms with Crippen LogP contribution in [0.4, 0.5) is 4.39 Å². The molecule has 21 heavy (non-hydrogen) atoms. The first-order valence-electron chi connectivity index (χ1n) is 6.95.